The molecule has 2 saturated heterocycles. The van der Waals surface area contributed by atoms with Crippen LogP contribution >= 0.6 is 0 Å². The summed E-state index contributed by atoms with van der Waals surface area (Å²) >= 11 is 0. The van der Waals surface area contributed by atoms with Crippen molar-refractivity contribution >= 4 is 27.2 Å². The summed E-state index contributed by atoms with van der Waals surface area (Å²) in [5.41, 5.74) is 2.34. The zero-order chi connectivity index (χ0) is 18.5. The highest BCUT2D eigenvalue weighted by Crippen LogP contribution is 2.41. The highest BCUT2D eigenvalue weighted by Gasteiger charge is 2.54. The summed E-state index contributed by atoms with van der Waals surface area (Å²) < 4.78 is 30.1. The Morgan fingerprint density at radius 1 is 1.00 bits per heavy atom. The molecule has 0 N–H and O–H groups in total. The Balaban J connectivity index is 1.84. The summed E-state index contributed by atoms with van der Waals surface area (Å²) in [5, 5.41) is 0. The van der Waals surface area contributed by atoms with E-state index in [2.05, 4.69) is 0 Å². The number of urea groups is 1. The predicted octanol–water partition coefficient (Wildman–Crippen LogP) is 2.62. The van der Waals surface area contributed by atoms with Crippen molar-refractivity contribution in [2.24, 2.45) is 0 Å². The van der Waals surface area contributed by atoms with E-state index >= 15 is 0 Å². The van der Waals surface area contributed by atoms with Crippen LogP contribution in [0, 0.1) is 6.92 Å². The number of carbonyl (C=O) groups is 1. The molecule has 2 aliphatic rings. The predicted molar refractivity (Wildman–Crippen MR) is 101 cm³/mol. The molecule has 26 heavy (non-hydrogen) atoms. The minimum absolute atomic E-state index is 0.0248. The van der Waals surface area contributed by atoms with E-state index in [1.54, 1.807) is 29.0 Å². The smallest absolute Gasteiger partial charge is 0.329 e. The molecule has 0 unspecified atom stereocenters. The molecule has 0 saturated carbocycles. The molecule has 136 valence electrons. The monoisotopic (exact) mass is 372 g/mol. The van der Waals surface area contributed by atoms with Gasteiger partial charge in [0.05, 0.1) is 36.4 Å². The van der Waals surface area contributed by atoms with Crippen LogP contribution in [0.4, 0.5) is 16.2 Å². The number of benzene rings is 2. The van der Waals surface area contributed by atoms with Crippen molar-refractivity contribution < 1.29 is 17.9 Å². The fourth-order valence-corrected chi connectivity index (χ4v) is 5.81. The van der Waals surface area contributed by atoms with E-state index in [0.717, 1.165) is 11.3 Å². The largest absolute Gasteiger partial charge is 0.495 e. The van der Waals surface area contributed by atoms with Gasteiger partial charge >= 0.3 is 6.03 Å². The first-order valence-electron chi connectivity index (χ1n) is 8.44. The Morgan fingerprint density at radius 2 is 1.69 bits per heavy atom. The molecule has 2 aliphatic heterocycles. The summed E-state index contributed by atoms with van der Waals surface area (Å²) in [6, 6.07) is 13.7. The number of ether oxygens (including phenoxy) is 1. The normalized spacial score (nSPS) is 24.0. The van der Waals surface area contributed by atoms with Crippen molar-refractivity contribution in [3.63, 3.8) is 0 Å². The van der Waals surface area contributed by atoms with Gasteiger partial charge in [0.15, 0.2) is 9.84 Å². The summed E-state index contributed by atoms with van der Waals surface area (Å²) in [6.07, 6.45) is 0. The second-order valence-corrected chi connectivity index (χ2v) is 8.90. The van der Waals surface area contributed by atoms with Crippen LogP contribution in [-0.4, -0.2) is 45.1 Å². The molecule has 2 fully saturated rings. The molecule has 2 aromatic rings. The highest BCUT2D eigenvalue weighted by atomic mass is 32.2. The highest BCUT2D eigenvalue weighted by molar-refractivity contribution is 7.91. The SMILES string of the molecule is COc1ccccc1N1C(=O)N(c2cccc(C)c2)[C@@H]2CS(=O)(=O)C[C@H]21. The van der Waals surface area contributed by atoms with E-state index in [-0.39, 0.29) is 17.5 Å². The molecule has 7 heteroatoms. The Bertz CT molecular complexity index is 973. The molecule has 0 radical (unpaired) electrons. The van der Waals surface area contributed by atoms with Crippen molar-refractivity contribution in [2.75, 3.05) is 28.4 Å². The van der Waals surface area contributed by atoms with Gasteiger partial charge in [0.1, 0.15) is 5.75 Å². The molecule has 0 aromatic heterocycles. The van der Waals surface area contributed by atoms with Crippen molar-refractivity contribution in [3.8, 4) is 5.75 Å². The maximum absolute atomic E-state index is 13.3. The van der Waals surface area contributed by atoms with Crippen molar-refractivity contribution in [1.82, 2.24) is 0 Å². The third kappa shape index (κ3) is 2.63. The number of anilines is 2. The number of rotatable bonds is 3. The molecule has 2 aromatic carbocycles. The van der Waals surface area contributed by atoms with Gasteiger partial charge in [-0.05, 0) is 36.8 Å². The molecule has 0 bridgehead atoms. The summed E-state index contributed by atoms with van der Waals surface area (Å²) in [7, 11) is -1.67. The first kappa shape index (κ1) is 16.9. The average molecular weight is 372 g/mol. The number of fused-ring (bicyclic) bond motifs is 1. The Hall–Kier alpha value is -2.54. The zero-order valence-electron chi connectivity index (χ0n) is 14.6. The lowest BCUT2D eigenvalue weighted by Crippen LogP contribution is -2.38. The quantitative estimate of drug-likeness (QED) is 0.777. The van der Waals surface area contributed by atoms with E-state index in [0.29, 0.717) is 11.4 Å². The van der Waals surface area contributed by atoms with Crippen LogP contribution in [0.15, 0.2) is 48.5 Å². The Labute approximate surface area is 152 Å². The van der Waals surface area contributed by atoms with E-state index in [4.69, 9.17) is 4.74 Å². The lowest BCUT2D eigenvalue weighted by Gasteiger charge is -2.24. The summed E-state index contributed by atoms with van der Waals surface area (Å²) in [5.74, 6) is 0.488. The van der Waals surface area contributed by atoms with Crippen molar-refractivity contribution in [1.29, 1.82) is 0 Å². The second kappa shape index (κ2) is 6.02. The Morgan fingerprint density at radius 3 is 2.38 bits per heavy atom. The van der Waals surface area contributed by atoms with Gasteiger partial charge in [0, 0.05) is 5.69 Å². The van der Waals surface area contributed by atoms with Crippen molar-refractivity contribution in [3.05, 3.63) is 54.1 Å². The van der Waals surface area contributed by atoms with Crippen LogP contribution in [0.2, 0.25) is 0 Å². The average Bonchev–Trinajstić information content (AvgIpc) is 3.03. The molecule has 2 atom stereocenters. The number of methoxy groups -OCH3 is 1. The maximum Gasteiger partial charge on any atom is 0.329 e. The van der Waals surface area contributed by atoms with E-state index in [1.165, 1.54) is 0 Å². The van der Waals surface area contributed by atoms with E-state index in [1.807, 2.05) is 43.3 Å². The van der Waals surface area contributed by atoms with E-state index < -0.39 is 21.9 Å². The number of amides is 2. The molecule has 2 amide bonds. The Kier molecular flexibility index (Phi) is 3.91. The van der Waals surface area contributed by atoms with Crippen LogP contribution in [0.1, 0.15) is 5.56 Å². The minimum Gasteiger partial charge on any atom is -0.495 e. The number of sulfone groups is 1. The first-order valence-corrected chi connectivity index (χ1v) is 10.3. The fourth-order valence-electron chi connectivity index (χ4n) is 3.89. The van der Waals surface area contributed by atoms with Crippen molar-refractivity contribution in [2.45, 2.75) is 19.0 Å². The van der Waals surface area contributed by atoms with Gasteiger partial charge < -0.3 is 4.74 Å². The van der Waals surface area contributed by atoms with Gasteiger partial charge in [-0.2, -0.15) is 0 Å². The molecule has 2 heterocycles. The second-order valence-electron chi connectivity index (χ2n) is 6.75. The lowest BCUT2D eigenvalue weighted by molar-refractivity contribution is 0.255. The number of nitrogens with zero attached hydrogens (tertiary/aromatic N) is 2. The molecular formula is C19H20N2O4S. The van der Waals surface area contributed by atoms with Crippen LogP contribution < -0.4 is 14.5 Å². The van der Waals surface area contributed by atoms with Gasteiger partial charge in [-0.3, -0.25) is 9.80 Å². The first-order chi connectivity index (χ1) is 12.4. The summed E-state index contributed by atoms with van der Waals surface area (Å²) in [6.45, 7) is 1.95. The van der Waals surface area contributed by atoms with Crippen LogP contribution in [0.5, 0.6) is 5.75 Å². The fraction of sp³-hybridized carbons (Fsp3) is 0.316. The third-order valence-electron chi connectivity index (χ3n) is 4.99. The maximum atomic E-state index is 13.3. The molecule has 0 aliphatic carbocycles. The number of hydrogen-bond acceptors (Lipinski definition) is 4. The van der Waals surface area contributed by atoms with Crippen LogP contribution in [0.25, 0.3) is 0 Å². The zero-order valence-corrected chi connectivity index (χ0v) is 15.4. The van der Waals surface area contributed by atoms with Crippen LogP contribution in [0.3, 0.4) is 0 Å². The lowest BCUT2D eigenvalue weighted by atomic mass is 10.1. The van der Waals surface area contributed by atoms with Gasteiger partial charge in [-0.25, -0.2) is 13.2 Å². The van der Waals surface area contributed by atoms with Gasteiger partial charge in [0.25, 0.3) is 0 Å². The molecule has 6 nitrogen and oxygen atoms in total. The van der Waals surface area contributed by atoms with Gasteiger partial charge in [-0.1, -0.05) is 24.3 Å². The summed E-state index contributed by atoms with van der Waals surface area (Å²) in [4.78, 5) is 16.5. The topological polar surface area (TPSA) is 66.9 Å². The minimum atomic E-state index is -3.22. The van der Waals surface area contributed by atoms with Crippen LogP contribution in [-0.2, 0) is 9.84 Å². The van der Waals surface area contributed by atoms with Gasteiger partial charge in [-0.15, -0.1) is 0 Å². The molecular weight excluding hydrogens is 352 g/mol. The number of aryl methyl sites for hydroxylation is 1. The standard InChI is InChI=1S/C19H20N2O4S/c1-13-6-5-7-14(10-13)20-16-11-26(23,24)12-17(16)21(19(20)22)15-8-3-4-9-18(15)25-2/h3-10,16-17H,11-12H2,1-2H3/t16-,17-/m1/s1. The third-order valence-corrected chi connectivity index (χ3v) is 6.69. The van der Waals surface area contributed by atoms with Gasteiger partial charge in [0.2, 0.25) is 0 Å². The van der Waals surface area contributed by atoms with E-state index in [9.17, 15) is 13.2 Å². The number of para-hydroxylation sites is 2. The molecule has 0 spiro atoms. The number of hydrogen-bond donors (Lipinski definition) is 0. The molecule has 4 rings (SSSR count). The number of carbonyl (C=O) groups excluding carboxylic acids is 1.